The first-order valence-electron chi connectivity index (χ1n) is 12.4. The largest absolute Gasteiger partial charge is 0.384 e. The van der Waals surface area contributed by atoms with Crippen molar-refractivity contribution in [1.82, 2.24) is 14.8 Å². The molecule has 0 aliphatic heterocycles. The Kier molecular flexibility index (Phi) is 9.53. The van der Waals surface area contributed by atoms with E-state index >= 15 is 0 Å². The molecule has 0 fully saturated rings. The van der Waals surface area contributed by atoms with Gasteiger partial charge in [-0.15, -0.1) is 0 Å². The maximum atomic E-state index is 6.10. The Hall–Kier alpha value is -2.92. The monoisotopic (exact) mass is 486 g/mol. The van der Waals surface area contributed by atoms with Crippen LogP contribution >= 0.6 is 11.6 Å². The van der Waals surface area contributed by atoms with Gasteiger partial charge in [-0.25, -0.2) is 0 Å². The van der Waals surface area contributed by atoms with Gasteiger partial charge in [-0.05, 0) is 61.8 Å². The van der Waals surface area contributed by atoms with Gasteiger partial charge in [0.1, 0.15) is 0 Å². The molecule has 5 heteroatoms. The first-order valence-corrected chi connectivity index (χ1v) is 12.8. The molecular formula is C30H35ClN4. The number of anilines is 1. The number of hydrogen-bond acceptors (Lipinski definition) is 4. The van der Waals surface area contributed by atoms with E-state index in [0.717, 1.165) is 73.7 Å². The fourth-order valence-electron chi connectivity index (χ4n) is 4.33. The molecular weight excluding hydrogens is 452 g/mol. The summed E-state index contributed by atoms with van der Waals surface area (Å²) in [6.07, 6.45) is 4.13. The highest BCUT2D eigenvalue weighted by Crippen LogP contribution is 2.24. The van der Waals surface area contributed by atoms with Gasteiger partial charge >= 0.3 is 0 Å². The molecule has 0 spiro atoms. The van der Waals surface area contributed by atoms with Crippen LogP contribution in [-0.2, 0) is 13.1 Å². The van der Waals surface area contributed by atoms with Crippen molar-refractivity contribution in [2.45, 2.75) is 25.9 Å². The number of benzene rings is 3. The van der Waals surface area contributed by atoms with Gasteiger partial charge in [-0.2, -0.15) is 0 Å². The standard InChI is InChI=1S/C30H35ClN4/c1-34(19-9-8-17-32-29-16-18-33-30-22-27(31)14-15-28(29)30)20-21-35(23-25-10-4-2-5-11-25)24-26-12-6-3-7-13-26/h2-7,10-16,18,22H,8-9,17,19-21,23-24H2,1H3,(H,32,33). The number of fused-ring (bicyclic) bond motifs is 1. The number of nitrogens with zero attached hydrogens (tertiary/aromatic N) is 3. The summed E-state index contributed by atoms with van der Waals surface area (Å²) in [6.45, 7) is 6.09. The number of likely N-dealkylation sites (N-methyl/N-ethyl adjacent to an activating group) is 1. The lowest BCUT2D eigenvalue weighted by molar-refractivity contribution is 0.210. The molecule has 1 N–H and O–H groups in total. The lowest BCUT2D eigenvalue weighted by Gasteiger charge is -2.26. The summed E-state index contributed by atoms with van der Waals surface area (Å²) >= 11 is 6.10. The van der Waals surface area contributed by atoms with Crippen LogP contribution in [0.5, 0.6) is 0 Å². The van der Waals surface area contributed by atoms with Gasteiger partial charge in [-0.1, -0.05) is 72.3 Å². The van der Waals surface area contributed by atoms with E-state index in [1.165, 1.54) is 11.1 Å². The average Bonchev–Trinajstić information content (AvgIpc) is 2.88. The number of rotatable bonds is 13. The molecule has 1 aromatic heterocycles. The summed E-state index contributed by atoms with van der Waals surface area (Å²) in [5.41, 5.74) is 4.78. The number of unbranched alkanes of at least 4 members (excludes halogenated alkanes) is 1. The minimum atomic E-state index is 0.719. The Morgan fingerprint density at radius 2 is 1.46 bits per heavy atom. The van der Waals surface area contributed by atoms with Gasteiger partial charge in [-0.3, -0.25) is 9.88 Å². The Morgan fingerprint density at radius 1 is 0.771 bits per heavy atom. The minimum absolute atomic E-state index is 0.719. The first kappa shape index (κ1) is 25.2. The topological polar surface area (TPSA) is 31.4 Å². The predicted octanol–water partition coefficient (Wildman–Crippen LogP) is 6.71. The molecule has 0 saturated carbocycles. The summed E-state index contributed by atoms with van der Waals surface area (Å²) in [6, 6.07) is 29.4. The predicted molar refractivity (Wildman–Crippen MR) is 149 cm³/mol. The van der Waals surface area contributed by atoms with E-state index in [2.05, 4.69) is 87.8 Å². The van der Waals surface area contributed by atoms with E-state index in [4.69, 9.17) is 11.6 Å². The Bertz CT molecular complexity index is 1130. The van der Waals surface area contributed by atoms with Crippen LogP contribution in [0.3, 0.4) is 0 Å². The molecule has 0 aliphatic carbocycles. The summed E-state index contributed by atoms with van der Waals surface area (Å²) in [5, 5.41) is 5.41. The summed E-state index contributed by atoms with van der Waals surface area (Å²) < 4.78 is 0. The van der Waals surface area contributed by atoms with Crippen LogP contribution in [-0.4, -0.2) is 48.0 Å². The number of hydrogen-bond donors (Lipinski definition) is 1. The third kappa shape index (κ3) is 8.07. The molecule has 4 nitrogen and oxygen atoms in total. The van der Waals surface area contributed by atoms with E-state index < -0.39 is 0 Å². The number of pyridine rings is 1. The van der Waals surface area contributed by atoms with Crippen molar-refractivity contribution in [2.75, 3.05) is 38.5 Å². The van der Waals surface area contributed by atoms with Crippen LogP contribution in [0.4, 0.5) is 5.69 Å². The molecule has 0 atom stereocenters. The second-order valence-electron chi connectivity index (χ2n) is 9.14. The third-order valence-corrected chi connectivity index (χ3v) is 6.52. The SMILES string of the molecule is CN(CCCCNc1ccnc2cc(Cl)ccc12)CCN(Cc1ccccc1)Cc1ccccc1. The molecule has 0 unspecified atom stereocenters. The van der Waals surface area contributed by atoms with Crippen molar-refractivity contribution in [3.05, 3.63) is 107 Å². The van der Waals surface area contributed by atoms with Crippen molar-refractivity contribution >= 4 is 28.2 Å². The molecule has 0 amide bonds. The zero-order chi connectivity index (χ0) is 24.3. The van der Waals surface area contributed by atoms with Crippen LogP contribution < -0.4 is 5.32 Å². The Balaban J connectivity index is 1.21. The summed E-state index contributed by atoms with van der Waals surface area (Å²) in [4.78, 5) is 9.42. The number of halogens is 1. The van der Waals surface area contributed by atoms with Gasteiger partial charge in [0, 0.05) is 55.0 Å². The van der Waals surface area contributed by atoms with Gasteiger partial charge < -0.3 is 10.2 Å². The molecule has 182 valence electrons. The van der Waals surface area contributed by atoms with E-state index in [1.54, 1.807) is 0 Å². The number of nitrogens with one attached hydrogen (secondary N) is 1. The molecule has 35 heavy (non-hydrogen) atoms. The highest BCUT2D eigenvalue weighted by Gasteiger charge is 2.09. The second-order valence-corrected chi connectivity index (χ2v) is 9.58. The van der Waals surface area contributed by atoms with Gasteiger partial charge in [0.25, 0.3) is 0 Å². The van der Waals surface area contributed by atoms with Crippen molar-refractivity contribution in [1.29, 1.82) is 0 Å². The molecule has 4 rings (SSSR count). The van der Waals surface area contributed by atoms with Gasteiger partial charge in [0.2, 0.25) is 0 Å². The molecule has 0 saturated heterocycles. The third-order valence-electron chi connectivity index (χ3n) is 6.28. The maximum Gasteiger partial charge on any atom is 0.0737 e. The van der Waals surface area contributed by atoms with Crippen LogP contribution in [0.25, 0.3) is 10.9 Å². The van der Waals surface area contributed by atoms with Crippen molar-refractivity contribution in [3.63, 3.8) is 0 Å². The van der Waals surface area contributed by atoms with Gasteiger partial charge in [0.05, 0.1) is 5.52 Å². The van der Waals surface area contributed by atoms with E-state index in [-0.39, 0.29) is 0 Å². The fourth-order valence-corrected chi connectivity index (χ4v) is 4.49. The highest BCUT2D eigenvalue weighted by molar-refractivity contribution is 6.31. The van der Waals surface area contributed by atoms with Crippen molar-refractivity contribution in [3.8, 4) is 0 Å². The maximum absolute atomic E-state index is 6.10. The normalized spacial score (nSPS) is 11.4. The van der Waals surface area contributed by atoms with E-state index in [0.29, 0.717) is 0 Å². The summed E-state index contributed by atoms with van der Waals surface area (Å²) in [5.74, 6) is 0. The molecule has 0 bridgehead atoms. The fraction of sp³-hybridized carbons (Fsp3) is 0.300. The number of aromatic nitrogens is 1. The Labute approximate surface area is 214 Å². The lowest BCUT2D eigenvalue weighted by atomic mass is 10.1. The minimum Gasteiger partial charge on any atom is -0.384 e. The van der Waals surface area contributed by atoms with E-state index in [9.17, 15) is 0 Å². The summed E-state index contributed by atoms with van der Waals surface area (Å²) in [7, 11) is 2.23. The molecule has 1 heterocycles. The van der Waals surface area contributed by atoms with Crippen LogP contribution in [0, 0.1) is 0 Å². The molecule has 3 aromatic carbocycles. The van der Waals surface area contributed by atoms with E-state index in [1.807, 2.05) is 30.5 Å². The van der Waals surface area contributed by atoms with Crippen LogP contribution in [0.1, 0.15) is 24.0 Å². The quantitative estimate of drug-likeness (QED) is 0.213. The smallest absolute Gasteiger partial charge is 0.0737 e. The first-order chi connectivity index (χ1) is 17.2. The van der Waals surface area contributed by atoms with Crippen LogP contribution in [0.2, 0.25) is 5.02 Å². The zero-order valence-corrected chi connectivity index (χ0v) is 21.3. The van der Waals surface area contributed by atoms with Gasteiger partial charge in [0.15, 0.2) is 0 Å². The average molecular weight is 487 g/mol. The van der Waals surface area contributed by atoms with Crippen LogP contribution in [0.15, 0.2) is 91.1 Å². The molecule has 0 radical (unpaired) electrons. The van der Waals surface area contributed by atoms with Crippen molar-refractivity contribution in [2.24, 2.45) is 0 Å². The molecule has 0 aliphatic rings. The highest BCUT2D eigenvalue weighted by atomic mass is 35.5. The zero-order valence-electron chi connectivity index (χ0n) is 20.5. The Morgan fingerprint density at radius 3 is 2.14 bits per heavy atom. The lowest BCUT2D eigenvalue weighted by Crippen LogP contribution is -2.33. The molecule has 4 aromatic rings. The van der Waals surface area contributed by atoms with Crippen molar-refractivity contribution < 1.29 is 0 Å². The second kappa shape index (κ2) is 13.2.